The molecule has 4 heteroatoms. The van der Waals surface area contributed by atoms with Gasteiger partial charge in [0.2, 0.25) is 0 Å². The van der Waals surface area contributed by atoms with Crippen LogP contribution in [-0.4, -0.2) is 31.1 Å². The molecular weight excluding hydrogens is 296 g/mol. The number of rotatable bonds is 6. The number of hydrogen-bond donors (Lipinski definition) is 1. The molecule has 0 radical (unpaired) electrons. The smallest absolute Gasteiger partial charge is 0.0521 e. The number of likely N-dealkylation sites (N-methyl/N-ethyl adjacent to an activating group) is 1. The lowest BCUT2D eigenvalue weighted by Crippen LogP contribution is -2.49. The maximum absolute atomic E-state index is 3.67. The van der Waals surface area contributed by atoms with Gasteiger partial charge in [-0.2, -0.15) is 11.3 Å². The molecule has 0 spiro atoms. The maximum Gasteiger partial charge on any atom is 0.0521 e. The van der Waals surface area contributed by atoms with Crippen LogP contribution in [-0.2, 0) is 0 Å². The first kappa shape index (κ1) is 15.2. The van der Waals surface area contributed by atoms with Crippen LogP contribution in [0.5, 0.6) is 0 Å². The van der Waals surface area contributed by atoms with E-state index in [0.717, 1.165) is 13.0 Å². The predicted molar refractivity (Wildman–Crippen MR) is 80.8 cm³/mol. The van der Waals surface area contributed by atoms with Crippen molar-refractivity contribution in [2.45, 2.75) is 38.8 Å². The lowest BCUT2D eigenvalue weighted by Gasteiger charge is -2.41. The van der Waals surface area contributed by atoms with Gasteiger partial charge >= 0.3 is 0 Å². The zero-order valence-corrected chi connectivity index (χ0v) is 13.8. The molecule has 0 aliphatic carbocycles. The number of thiophene rings is 1. The van der Waals surface area contributed by atoms with Crippen molar-refractivity contribution in [3.8, 4) is 0 Å². The van der Waals surface area contributed by atoms with Gasteiger partial charge in [-0.3, -0.25) is 0 Å². The molecule has 0 fully saturated rings. The highest BCUT2D eigenvalue weighted by atomic mass is 79.9. The Morgan fingerprint density at radius 2 is 2.06 bits per heavy atom. The molecular formula is C13H23BrN2S. The van der Waals surface area contributed by atoms with Crippen molar-refractivity contribution < 1.29 is 0 Å². The van der Waals surface area contributed by atoms with Crippen molar-refractivity contribution in [1.29, 1.82) is 0 Å². The summed E-state index contributed by atoms with van der Waals surface area (Å²) in [5.74, 6) is 0. The molecule has 0 saturated carbocycles. The number of nitrogens with one attached hydrogen (secondary N) is 1. The zero-order chi connectivity index (χ0) is 13.1. The Balaban J connectivity index is 3.00. The minimum Gasteiger partial charge on any atom is -0.308 e. The van der Waals surface area contributed by atoms with Gasteiger partial charge in [0.05, 0.1) is 6.04 Å². The minimum absolute atomic E-state index is 0.0821. The minimum atomic E-state index is 0.0821. The van der Waals surface area contributed by atoms with Gasteiger partial charge in [0.15, 0.2) is 0 Å². The number of nitrogens with zero attached hydrogens (tertiary/aromatic N) is 1. The largest absolute Gasteiger partial charge is 0.308 e. The summed E-state index contributed by atoms with van der Waals surface area (Å²) >= 11 is 5.40. The number of halogens is 1. The van der Waals surface area contributed by atoms with E-state index < -0.39 is 0 Å². The van der Waals surface area contributed by atoms with Gasteiger partial charge in [-0.15, -0.1) is 0 Å². The van der Waals surface area contributed by atoms with Gasteiger partial charge in [0.1, 0.15) is 0 Å². The lowest BCUT2D eigenvalue weighted by atomic mass is 9.89. The van der Waals surface area contributed by atoms with Crippen molar-refractivity contribution in [2.75, 3.05) is 20.6 Å². The van der Waals surface area contributed by atoms with Crippen molar-refractivity contribution in [3.63, 3.8) is 0 Å². The van der Waals surface area contributed by atoms with Crippen LogP contribution in [0.3, 0.4) is 0 Å². The first-order valence-electron chi connectivity index (χ1n) is 6.03. The second-order valence-corrected chi connectivity index (χ2v) is 6.71. The summed E-state index contributed by atoms with van der Waals surface area (Å²) in [5.41, 5.74) is 1.45. The molecule has 98 valence electrons. The van der Waals surface area contributed by atoms with Gasteiger partial charge in [0.25, 0.3) is 0 Å². The molecule has 0 bridgehead atoms. The fourth-order valence-corrected chi connectivity index (χ4v) is 3.34. The second kappa shape index (κ2) is 6.32. The van der Waals surface area contributed by atoms with E-state index in [1.54, 1.807) is 11.3 Å². The molecule has 0 aromatic carbocycles. The molecule has 1 atom stereocenters. The van der Waals surface area contributed by atoms with E-state index in [1.165, 1.54) is 10.0 Å². The summed E-state index contributed by atoms with van der Waals surface area (Å²) in [4.78, 5) is 2.28. The van der Waals surface area contributed by atoms with Crippen LogP contribution in [0, 0.1) is 0 Å². The van der Waals surface area contributed by atoms with Crippen LogP contribution in [0.25, 0.3) is 0 Å². The van der Waals surface area contributed by atoms with Gasteiger partial charge in [-0.1, -0.05) is 6.92 Å². The Morgan fingerprint density at radius 1 is 1.41 bits per heavy atom. The van der Waals surface area contributed by atoms with Crippen molar-refractivity contribution in [1.82, 2.24) is 10.2 Å². The fraction of sp³-hybridized carbons (Fsp3) is 0.692. The summed E-state index contributed by atoms with van der Waals surface area (Å²) < 4.78 is 1.21. The maximum atomic E-state index is 3.67. The van der Waals surface area contributed by atoms with E-state index in [9.17, 15) is 0 Å². The highest BCUT2D eigenvalue weighted by molar-refractivity contribution is 9.10. The lowest BCUT2D eigenvalue weighted by molar-refractivity contribution is 0.138. The van der Waals surface area contributed by atoms with Gasteiger partial charge < -0.3 is 10.2 Å². The molecule has 0 aliphatic heterocycles. The van der Waals surface area contributed by atoms with Crippen molar-refractivity contribution in [3.05, 3.63) is 20.8 Å². The molecule has 0 saturated heterocycles. The van der Waals surface area contributed by atoms with E-state index >= 15 is 0 Å². The molecule has 1 N–H and O–H groups in total. The summed E-state index contributed by atoms with van der Waals surface area (Å²) in [5, 5.41) is 8.06. The second-order valence-electron chi connectivity index (χ2n) is 5.11. The zero-order valence-electron chi connectivity index (χ0n) is 11.4. The predicted octanol–water partition coefficient (Wildman–Crippen LogP) is 3.89. The van der Waals surface area contributed by atoms with Crippen LogP contribution in [0.1, 0.15) is 38.8 Å². The Bertz CT molecular complexity index is 347. The van der Waals surface area contributed by atoms with Crippen molar-refractivity contribution >= 4 is 27.3 Å². The van der Waals surface area contributed by atoms with E-state index in [1.807, 2.05) is 0 Å². The Hall–Kier alpha value is 0.1000. The fourth-order valence-electron chi connectivity index (χ4n) is 1.78. The van der Waals surface area contributed by atoms with E-state index in [4.69, 9.17) is 0 Å². The van der Waals surface area contributed by atoms with Gasteiger partial charge in [-0.05, 0) is 67.8 Å². The average molecular weight is 319 g/mol. The van der Waals surface area contributed by atoms with E-state index in [0.29, 0.717) is 6.04 Å². The van der Waals surface area contributed by atoms with Crippen LogP contribution < -0.4 is 5.32 Å². The highest BCUT2D eigenvalue weighted by Crippen LogP contribution is 2.35. The topological polar surface area (TPSA) is 15.3 Å². The van der Waals surface area contributed by atoms with E-state index in [-0.39, 0.29) is 5.54 Å². The third-order valence-corrected chi connectivity index (χ3v) is 5.16. The SMILES string of the molecule is CCCNC(c1cscc1Br)C(C)(C)N(C)C. The monoisotopic (exact) mass is 318 g/mol. The van der Waals surface area contributed by atoms with Gasteiger partial charge in [-0.25, -0.2) is 0 Å². The van der Waals surface area contributed by atoms with Crippen LogP contribution in [0.15, 0.2) is 15.2 Å². The Kier molecular flexibility index (Phi) is 5.64. The molecule has 1 aromatic heterocycles. The summed E-state index contributed by atoms with van der Waals surface area (Å²) in [7, 11) is 4.28. The quantitative estimate of drug-likeness (QED) is 0.856. The molecule has 0 aliphatic rings. The average Bonchev–Trinajstić information content (AvgIpc) is 2.65. The normalized spacial score (nSPS) is 14.3. The molecule has 1 rings (SSSR count). The number of hydrogen-bond acceptors (Lipinski definition) is 3. The Morgan fingerprint density at radius 3 is 2.47 bits per heavy atom. The Labute approximate surface area is 118 Å². The standard InChI is InChI=1S/C13H23BrN2S/c1-6-7-15-12(13(2,3)16(4)5)10-8-17-9-11(10)14/h8-9,12,15H,6-7H2,1-5H3. The van der Waals surface area contributed by atoms with Crippen molar-refractivity contribution in [2.24, 2.45) is 0 Å². The highest BCUT2D eigenvalue weighted by Gasteiger charge is 2.33. The summed E-state index contributed by atoms with van der Waals surface area (Å²) in [6, 6.07) is 0.345. The summed E-state index contributed by atoms with van der Waals surface area (Å²) in [6.45, 7) is 7.81. The molecule has 17 heavy (non-hydrogen) atoms. The van der Waals surface area contributed by atoms with Crippen LogP contribution in [0.2, 0.25) is 0 Å². The summed E-state index contributed by atoms with van der Waals surface area (Å²) in [6.07, 6.45) is 1.15. The van der Waals surface area contributed by atoms with Crippen LogP contribution >= 0.6 is 27.3 Å². The molecule has 0 amide bonds. The molecule has 1 aromatic rings. The molecule has 1 heterocycles. The third kappa shape index (κ3) is 3.53. The first-order valence-corrected chi connectivity index (χ1v) is 7.77. The van der Waals surface area contributed by atoms with E-state index in [2.05, 4.69) is 71.8 Å². The molecule has 1 unspecified atom stereocenters. The van der Waals surface area contributed by atoms with Crippen LogP contribution in [0.4, 0.5) is 0 Å². The molecule has 2 nitrogen and oxygen atoms in total. The van der Waals surface area contributed by atoms with Gasteiger partial charge in [0, 0.05) is 15.4 Å². The third-order valence-electron chi connectivity index (χ3n) is 3.41. The first-order chi connectivity index (χ1) is 7.91.